The normalized spacial score (nSPS) is 14.4. The van der Waals surface area contributed by atoms with Gasteiger partial charge in [0, 0.05) is 10.5 Å². The Balaban J connectivity index is 2.79. The molecule has 108 valence electrons. The molecule has 2 atom stereocenters. The molecule has 1 aromatic rings. The molecule has 0 saturated heterocycles. The molecule has 19 heavy (non-hydrogen) atoms. The number of nitrogens with two attached hydrogens (primary N) is 1. The molecular formula is C15H24BrClN2. The van der Waals surface area contributed by atoms with Crippen molar-refractivity contribution in [1.29, 1.82) is 0 Å². The summed E-state index contributed by atoms with van der Waals surface area (Å²) in [6.45, 7) is 4.48. The second-order valence-corrected chi connectivity index (χ2v) is 6.25. The maximum absolute atomic E-state index is 6.36. The van der Waals surface area contributed by atoms with Gasteiger partial charge in [-0.25, -0.2) is 0 Å². The number of nitrogens with one attached hydrogen (secondary N) is 1. The third kappa shape index (κ3) is 5.07. The third-order valence-corrected chi connectivity index (χ3v) is 4.98. The molecule has 2 unspecified atom stereocenters. The Hall–Kier alpha value is -0.0900. The molecule has 0 radical (unpaired) electrons. The van der Waals surface area contributed by atoms with Gasteiger partial charge >= 0.3 is 0 Å². The summed E-state index contributed by atoms with van der Waals surface area (Å²) in [4.78, 5) is 0. The number of halogens is 2. The van der Waals surface area contributed by atoms with Crippen LogP contribution in [-0.4, -0.2) is 0 Å². The summed E-state index contributed by atoms with van der Waals surface area (Å²) in [5.74, 6) is 6.42. The molecule has 0 heterocycles. The zero-order chi connectivity index (χ0) is 14.3. The highest BCUT2D eigenvalue weighted by atomic mass is 79.9. The molecule has 0 aliphatic rings. The van der Waals surface area contributed by atoms with E-state index in [0.29, 0.717) is 5.92 Å². The van der Waals surface area contributed by atoms with E-state index in [-0.39, 0.29) is 6.04 Å². The summed E-state index contributed by atoms with van der Waals surface area (Å²) < 4.78 is 0.925. The highest BCUT2D eigenvalue weighted by molar-refractivity contribution is 9.10. The van der Waals surface area contributed by atoms with Crippen LogP contribution in [0, 0.1) is 5.92 Å². The Bertz CT molecular complexity index is 384. The first kappa shape index (κ1) is 17.0. The predicted molar refractivity (Wildman–Crippen MR) is 87.1 cm³/mol. The molecule has 0 aliphatic heterocycles. The first-order chi connectivity index (χ1) is 9.13. The van der Waals surface area contributed by atoms with E-state index < -0.39 is 0 Å². The van der Waals surface area contributed by atoms with Crippen molar-refractivity contribution in [3.8, 4) is 0 Å². The minimum atomic E-state index is 0.117. The van der Waals surface area contributed by atoms with Crippen LogP contribution in [0.25, 0.3) is 0 Å². The van der Waals surface area contributed by atoms with Gasteiger partial charge in [0.2, 0.25) is 0 Å². The van der Waals surface area contributed by atoms with Gasteiger partial charge in [0.25, 0.3) is 0 Å². The average Bonchev–Trinajstić information content (AvgIpc) is 2.43. The molecule has 0 bridgehead atoms. The number of unbranched alkanes of at least 4 members (excludes halogenated alkanes) is 1. The molecule has 0 saturated carbocycles. The van der Waals surface area contributed by atoms with Gasteiger partial charge in [-0.2, -0.15) is 0 Å². The Morgan fingerprint density at radius 1 is 1.37 bits per heavy atom. The largest absolute Gasteiger partial charge is 0.271 e. The molecule has 1 rings (SSSR count). The molecule has 0 aromatic heterocycles. The van der Waals surface area contributed by atoms with Crippen molar-refractivity contribution in [2.75, 3.05) is 0 Å². The molecule has 4 heteroatoms. The quantitative estimate of drug-likeness (QED) is 0.500. The van der Waals surface area contributed by atoms with Gasteiger partial charge in [-0.3, -0.25) is 11.3 Å². The van der Waals surface area contributed by atoms with E-state index >= 15 is 0 Å². The van der Waals surface area contributed by atoms with Gasteiger partial charge in [0.15, 0.2) is 0 Å². The van der Waals surface area contributed by atoms with Crippen LogP contribution in [0.2, 0.25) is 5.02 Å². The van der Waals surface area contributed by atoms with E-state index in [1.54, 1.807) is 0 Å². The highest BCUT2D eigenvalue weighted by Gasteiger charge is 2.19. The lowest BCUT2D eigenvalue weighted by atomic mass is 9.89. The number of benzene rings is 1. The van der Waals surface area contributed by atoms with Crippen LogP contribution in [0.15, 0.2) is 22.7 Å². The molecule has 3 N–H and O–H groups in total. The van der Waals surface area contributed by atoms with Gasteiger partial charge in [-0.1, -0.05) is 63.3 Å². The summed E-state index contributed by atoms with van der Waals surface area (Å²) in [6.07, 6.45) is 6.00. The molecule has 2 nitrogen and oxygen atoms in total. The SMILES string of the molecule is CCCCC(CC)CC(NN)c1cccc(Br)c1Cl. The Labute approximate surface area is 130 Å². The van der Waals surface area contributed by atoms with Crippen molar-refractivity contribution in [2.24, 2.45) is 11.8 Å². The van der Waals surface area contributed by atoms with Crippen LogP contribution in [-0.2, 0) is 0 Å². The predicted octanol–water partition coefficient (Wildman–Crippen LogP) is 5.21. The zero-order valence-electron chi connectivity index (χ0n) is 11.8. The van der Waals surface area contributed by atoms with Crippen LogP contribution < -0.4 is 11.3 Å². The Kier molecular flexibility index (Phi) is 8.00. The standard InChI is InChI=1S/C15H24BrClN2/c1-3-5-7-11(4-2)10-14(19-18)12-8-6-9-13(16)15(12)17/h6,8-9,11,14,19H,3-5,7,10,18H2,1-2H3. The fraction of sp³-hybridized carbons (Fsp3) is 0.600. The van der Waals surface area contributed by atoms with E-state index in [1.807, 2.05) is 18.2 Å². The summed E-state index contributed by atoms with van der Waals surface area (Å²) in [5.41, 5.74) is 4.00. The summed E-state index contributed by atoms with van der Waals surface area (Å²) in [5, 5.41) is 0.760. The van der Waals surface area contributed by atoms with Crippen molar-refractivity contribution in [3.63, 3.8) is 0 Å². The van der Waals surface area contributed by atoms with Gasteiger partial charge in [0.1, 0.15) is 0 Å². The fourth-order valence-electron chi connectivity index (χ4n) is 2.39. The molecule has 1 aromatic carbocycles. The second-order valence-electron chi connectivity index (χ2n) is 5.01. The number of hydrogen-bond donors (Lipinski definition) is 2. The van der Waals surface area contributed by atoms with Crippen molar-refractivity contribution >= 4 is 27.5 Å². The molecule has 0 amide bonds. The van der Waals surface area contributed by atoms with Gasteiger partial charge < -0.3 is 0 Å². The monoisotopic (exact) mass is 346 g/mol. The average molecular weight is 348 g/mol. The fourth-order valence-corrected chi connectivity index (χ4v) is 3.03. The van der Waals surface area contributed by atoms with Crippen LogP contribution >= 0.6 is 27.5 Å². The number of hydrazine groups is 1. The maximum atomic E-state index is 6.36. The summed E-state index contributed by atoms with van der Waals surface area (Å²) >= 11 is 9.82. The lowest BCUT2D eigenvalue weighted by Gasteiger charge is -2.23. The summed E-state index contributed by atoms with van der Waals surface area (Å²) in [7, 11) is 0. The Morgan fingerprint density at radius 3 is 2.68 bits per heavy atom. The van der Waals surface area contributed by atoms with Crippen molar-refractivity contribution in [1.82, 2.24) is 5.43 Å². The van der Waals surface area contributed by atoms with E-state index in [4.69, 9.17) is 17.4 Å². The van der Waals surface area contributed by atoms with Crippen molar-refractivity contribution in [3.05, 3.63) is 33.3 Å². The number of hydrogen-bond acceptors (Lipinski definition) is 2. The van der Waals surface area contributed by atoms with E-state index in [1.165, 1.54) is 25.7 Å². The van der Waals surface area contributed by atoms with E-state index in [0.717, 1.165) is 21.5 Å². The minimum absolute atomic E-state index is 0.117. The number of rotatable bonds is 8. The Morgan fingerprint density at radius 2 is 2.11 bits per heavy atom. The lowest BCUT2D eigenvalue weighted by molar-refractivity contribution is 0.356. The molecule has 0 spiro atoms. The van der Waals surface area contributed by atoms with Gasteiger partial charge in [-0.15, -0.1) is 0 Å². The van der Waals surface area contributed by atoms with E-state index in [9.17, 15) is 0 Å². The second kappa shape index (κ2) is 8.96. The summed E-state index contributed by atoms with van der Waals surface area (Å²) in [6, 6.07) is 6.12. The molecule has 0 fully saturated rings. The molecule has 0 aliphatic carbocycles. The highest BCUT2D eigenvalue weighted by Crippen LogP contribution is 2.34. The first-order valence-corrected chi connectivity index (χ1v) is 8.21. The van der Waals surface area contributed by atoms with Gasteiger partial charge in [-0.05, 0) is 39.9 Å². The topological polar surface area (TPSA) is 38.0 Å². The van der Waals surface area contributed by atoms with Crippen molar-refractivity contribution in [2.45, 2.75) is 52.0 Å². The smallest absolute Gasteiger partial charge is 0.0596 e. The van der Waals surface area contributed by atoms with Crippen LogP contribution in [0.3, 0.4) is 0 Å². The minimum Gasteiger partial charge on any atom is -0.271 e. The third-order valence-electron chi connectivity index (χ3n) is 3.67. The maximum Gasteiger partial charge on any atom is 0.0596 e. The van der Waals surface area contributed by atoms with Crippen LogP contribution in [0.4, 0.5) is 0 Å². The van der Waals surface area contributed by atoms with Crippen LogP contribution in [0.1, 0.15) is 57.6 Å². The van der Waals surface area contributed by atoms with E-state index in [2.05, 4.69) is 35.2 Å². The molecular weight excluding hydrogens is 324 g/mol. The zero-order valence-corrected chi connectivity index (χ0v) is 14.1. The lowest BCUT2D eigenvalue weighted by Crippen LogP contribution is -2.30. The van der Waals surface area contributed by atoms with Crippen molar-refractivity contribution < 1.29 is 0 Å². The van der Waals surface area contributed by atoms with Gasteiger partial charge in [0.05, 0.1) is 5.02 Å². The van der Waals surface area contributed by atoms with Crippen LogP contribution in [0.5, 0.6) is 0 Å². The first-order valence-electron chi connectivity index (χ1n) is 7.04.